The largest absolute Gasteiger partial charge is 0.449 e. The van der Waals surface area contributed by atoms with Crippen LogP contribution in [0.5, 0.6) is 0 Å². The second kappa shape index (κ2) is 3.06. The van der Waals surface area contributed by atoms with Crippen molar-refractivity contribution in [3.05, 3.63) is 17.9 Å². The predicted molar refractivity (Wildman–Crippen MR) is 62.9 cm³/mol. The second-order valence-electron chi connectivity index (χ2n) is 6.20. The molecular weight excluding hydrogens is 198 g/mol. The minimum atomic E-state index is 0.678. The van der Waals surface area contributed by atoms with Crippen LogP contribution in [0.15, 0.2) is 16.7 Å². The van der Waals surface area contributed by atoms with E-state index < -0.39 is 0 Å². The van der Waals surface area contributed by atoms with Crippen LogP contribution in [0.25, 0.3) is 0 Å². The highest BCUT2D eigenvalue weighted by molar-refractivity contribution is 5.40. The Morgan fingerprint density at radius 1 is 1.00 bits per heavy atom. The lowest BCUT2D eigenvalue weighted by atomic mass is 9.51. The molecule has 16 heavy (non-hydrogen) atoms. The number of hydrogen-bond acceptors (Lipinski definition) is 2. The van der Waals surface area contributed by atoms with Crippen LogP contribution in [0.2, 0.25) is 0 Å². The molecule has 0 saturated heterocycles. The summed E-state index contributed by atoms with van der Waals surface area (Å²) < 4.78 is 5.30. The molecule has 2 N–H and O–H groups in total. The van der Waals surface area contributed by atoms with Gasteiger partial charge in [0.25, 0.3) is 0 Å². The van der Waals surface area contributed by atoms with Gasteiger partial charge in [-0.15, -0.1) is 0 Å². The fraction of sp³-hybridized carbons (Fsp3) is 0.714. The Hall–Kier alpha value is -0.920. The summed E-state index contributed by atoms with van der Waals surface area (Å²) in [5.41, 5.74) is 7.27. The summed E-state index contributed by atoms with van der Waals surface area (Å²) in [6.07, 6.45) is 9.06. The van der Waals surface area contributed by atoms with Gasteiger partial charge in [-0.2, -0.15) is 0 Å². The van der Waals surface area contributed by atoms with E-state index >= 15 is 0 Å². The maximum atomic E-state index is 5.95. The fourth-order valence-corrected chi connectivity index (χ4v) is 5.04. The average Bonchev–Trinajstić information content (AvgIpc) is 2.63. The number of anilines is 1. The first-order valence-electron chi connectivity index (χ1n) is 6.64. The monoisotopic (exact) mass is 217 g/mol. The zero-order chi connectivity index (χ0) is 10.7. The molecule has 2 heteroatoms. The number of rotatable bonds is 1. The van der Waals surface area contributed by atoms with Crippen LogP contribution < -0.4 is 5.73 Å². The lowest BCUT2D eigenvalue weighted by Gasteiger charge is -2.54. The molecule has 0 spiro atoms. The highest BCUT2D eigenvalue weighted by atomic mass is 16.3. The summed E-state index contributed by atoms with van der Waals surface area (Å²) >= 11 is 0. The molecule has 4 fully saturated rings. The maximum absolute atomic E-state index is 5.95. The molecule has 1 aromatic heterocycles. The predicted octanol–water partition coefficient (Wildman–Crippen LogP) is 3.40. The molecule has 0 amide bonds. The van der Waals surface area contributed by atoms with Crippen molar-refractivity contribution >= 4 is 5.88 Å². The molecule has 0 aliphatic heterocycles. The van der Waals surface area contributed by atoms with E-state index in [2.05, 4.69) is 6.07 Å². The van der Waals surface area contributed by atoms with Gasteiger partial charge in [-0.3, -0.25) is 0 Å². The van der Waals surface area contributed by atoms with Crippen molar-refractivity contribution in [1.29, 1.82) is 0 Å². The van der Waals surface area contributed by atoms with Crippen LogP contribution in [0.4, 0.5) is 5.88 Å². The van der Waals surface area contributed by atoms with Gasteiger partial charge in [0.15, 0.2) is 5.88 Å². The van der Waals surface area contributed by atoms with E-state index in [1.165, 1.54) is 37.7 Å². The van der Waals surface area contributed by atoms with Crippen molar-refractivity contribution in [2.45, 2.75) is 38.0 Å². The molecule has 0 unspecified atom stereocenters. The lowest BCUT2D eigenvalue weighted by Crippen LogP contribution is -2.43. The van der Waals surface area contributed by atoms with E-state index in [1.807, 2.05) is 0 Å². The van der Waals surface area contributed by atoms with E-state index in [0.29, 0.717) is 11.8 Å². The molecule has 1 heterocycles. The average molecular weight is 217 g/mol. The van der Waals surface area contributed by atoms with Gasteiger partial charge in [0.2, 0.25) is 0 Å². The molecule has 0 aromatic carbocycles. The molecule has 4 aliphatic carbocycles. The van der Waals surface area contributed by atoms with Crippen molar-refractivity contribution < 1.29 is 4.42 Å². The van der Waals surface area contributed by atoms with Gasteiger partial charge in [0, 0.05) is 5.56 Å². The first-order valence-corrected chi connectivity index (χ1v) is 6.64. The van der Waals surface area contributed by atoms with Crippen LogP contribution in [0.3, 0.4) is 0 Å². The summed E-state index contributed by atoms with van der Waals surface area (Å²) in [4.78, 5) is 0. The Morgan fingerprint density at radius 3 is 2.12 bits per heavy atom. The van der Waals surface area contributed by atoms with E-state index in [1.54, 1.807) is 6.26 Å². The lowest BCUT2D eigenvalue weighted by molar-refractivity contribution is -0.00265. The highest BCUT2D eigenvalue weighted by Gasteiger charge is 2.49. The van der Waals surface area contributed by atoms with Crippen molar-refractivity contribution in [3.63, 3.8) is 0 Å². The maximum Gasteiger partial charge on any atom is 0.193 e. The Bertz CT molecular complexity index is 381. The van der Waals surface area contributed by atoms with Gasteiger partial charge >= 0.3 is 0 Å². The summed E-state index contributed by atoms with van der Waals surface area (Å²) in [6, 6.07) is 2.11. The van der Waals surface area contributed by atoms with E-state index in [9.17, 15) is 0 Å². The molecule has 0 atom stereocenters. The Balaban J connectivity index is 1.72. The smallest absolute Gasteiger partial charge is 0.193 e. The minimum Gasteiger partial charge on any atom is -0.449 e. The van der Waals surface area contributed by atoms with Gasteiger partial charge in [0.1, 0.15) is 0 Å². The second-order valence-corrected chi connectivity index (χ2v) is 6.20. The van der Waals surface area contributed by atoms with Gasteiger partial charge < -0.3 is 10.2 Å². The quantitative estimate of drug-likeness (QED) is 0.783. The van der Waals surface area contributed by atoms with E-state index in [0.717, 1.165) is 23.7 Å². The van der Waals surface area contributed by atoms with Crippen molar-refractivity contribution in [1.82, 2.24) is 0 Å². The zero-order valence-electron chi connectivity index (χ0n) is 9.56. The van der Waals surface area contributed by atoms with Crippen molar-refractivity contribution in [2.75, 3.05) is 5.73 Å². The third kappa shape index (κ3) is 1.13. The van der Waals surface area contributed by atoms with Gasteiger partial charge in [-0.1, -0.05) is 0 Å². The topological polar surface area (TPSA) is 39.2 Å². The molecule has 2 nitrogen and oxygen atoms in total. The third-order valence-electron chi connectivity index (χ3n) is 5.31. The summed E-state index contributed by atoms with van der Waals surface area (Å²) in [5.74, 6) is 5.26. The molecular formula is C14H19NO. The number of furan rings is 1. The number of nitrogens with two attached hydrogens (primary N) is 1. The van der Waals surface area contributed by atoms with Gasteiger partial charge in [-0.05, 0) is 67.8 Å². The third-order valence-corrected chi connectivity index (χ3v) is 5.31. The van der Waals surface area contributed by atoms with Gasteiger partial charge in [0.05, 0.1) is 6.26 Å². The van der Waals surface area contributed by atoms with Crippen LogP contribution in [-0.2, 0) is 0 Å². The minimum absolute atomic E-state index is 0.678. The molecule has 4 aliphatic rings. The summed E-state index contributed by atoms with van der Waals surface area (Å²) in [6.45, 7) is 0. The molecule has 86 valence electrons. The first kappa shape index (κ1) is 9.15. The molecule has 5 rings (SSSR count). The molecule has 1 aromatic rings. The van der Waals surface area contributed by atoms with E-state index in [4.69, 9.17) is 10.2 Å². The van der Waals surface area contributed by atoms with Gasteiger partial charge in [-0.25, -0.2) is 0 Å². The zero-order valence-corrected chi connectivity index (χ0v) is 9.56. The Morgan fingerprint density at radius 2 is 1.62 bits per heavy atom. The first-order chi connectivity index (χ1) is 7.81. The Labute approximate surface area is 96.2 Å². The summed E-state index contributed by atoms with van der Waals surface area (Å²) in [7, 11) is 0. The van der Waals surface area contributed by atoms with Crippen molar-refractivity contribution in [2.24, 2.45) is 23.7 Å². The SMILES string of the molecule is Nc1occc1C1C2CC3CC(C2)CC1C3. The number of hydrogen-bond donors (Lipinski definition) is 1. The van der Waals surface area contributed by atoms with Crippen LogP contribution >= 0.6 is 0 Å². The molecule has 4 saturated carbocycles. The molecule has 0 radical (unpaired) electrons. The number of nitrogen functional groups attached to an aromatic ring is 1. The summed E-state index contributed by atoms with van der Waals surface area (Å²) in [5, 5.41) is 0. The van der Waals surface area contributed by atoms with E-state index in [-0.39, 0.29) is 0 Å². The van der Waals surface area contributed by atoms with Crippen LogP contribution in [0, 0.1) is 23.7 Å². The highest BCUT2D eigenvalue weighted by Crippen LogP contribution is 2.60. The Kier molecular flexibility index (Phi) is 1.75. The fourth-order valence-electron chi connectivity index (χ4n) is 5.04. The molecule has 4 bridgehead atoms. The standard InChI is InChI=1S/C14H19NO/c15-14-12(1-2-16-14)13-10-4-8-3-9(6-10)7-11(13)5-8/h1-2,8-11,13H,3-7,15H2. The van der Waals surface area contributed by atoms with Crippen LogP contribution in [0.1, 0.15) is 43.6 Å². The van der Waals surface area contributed by atoms with Crippen LogP contribution in [-0.4, -0.2) is 0 Å². The van der Waals surface area contributed by atoms with Crippen molar-refractivity contribution in [3.8, 4) is 0 Å². The normalized spacial score (nSPS) is 45.1.